The molecule has 104 valence electrons. The van der Waals surface area contributed by atoms with Crippen molar-refractivity contribution in [1.29, 1.82) is 0 Å². The lowest BCUT2D eigenvalue weighted by atomic mass is 10.3. The fraction of sp³-hybridized carbons (Fsp3) is 0.357. The Kier molecular flexibility index (Phi) is 7.63. The molecule has 1 rings (SSSR count). The lowest BCUT2D eigenvalue weighted by Crippen LogP contribution is -2.33. The average Bonchev–Trinajstić information content (AvgIpc) is 2.40. The van der Waals surface area contributed by atoms with Gasteiger partial charge in [-0.1, -0.05) is 29.8 Å². The summed E-state index contributed by atoms with van der Waals surface area (Å²) in [5, 5.41) is 9.61. The highest BCUT2D eigenvalue weighted by molar-refractivity contribution is 7.99. The standard InChI is InChI=1S/C14H18ClNO2S/c1-2-8-16(9-10-17)14(18)7-11-19-13-6-4-3-5-12(13)15/h2-6,17H,1,7-11H2. The highest BCUT2D eigenvalue weighted by Gasteiger charge is 2.11. The first kappa shape index (κ1) is 16.1. The van der Waals surface area contributed by atoms with Crippen LogP contribution >= 0.6 is 23.4 Å². The van der Waals surface area contributed by atoms with Gasteiger partial charge in [-0.15, -0.1) is 18.3 Å². The second-order valence-corrected chi connectivity index (χ2v) is 5.42. The number of aliphatic hydroxyl groups excluding tert-OH is 1. The lowest BCUT2D eigenvalue weighted by Gasteiger charge is -2.19. The number of carbonyl (C=O) groups excluding carboxylic acids is 1. The molecule has 0 aromatic heterocycles. The summed E-state index contributed by atoms with van der Waals surface area (Å²) < 4.78 is 0. The van der Waals surface area contributed by atoms with Crippen molar-refractivity contribution in [1.82, 2.24) is 4.90 Å². The van der Waals surface area contributed by atoms with E-state index in [1.165, 1.54) is 0 Å². The molecule has 0 saturated heterocycles. The fourth-order valence-electron chi connectivity index (χ4n) is 1.56. The van der Waals surface area contributed by atoms with E-state index in [4.69, 9.17) is 16.7 Å². The molecule has 0 aliphatic heterocycles. The van der Waals surface area contributed by atoms with Crippen LogP contribution in [-0.2, 0) is 4.79 Å². The third-order valence-electron chi connectivity index (χ3n) is 2.48. The van der Waals surface area contributed by atoms with Gasteiger partial charge in [0.2, 0.25) is 5.91 Å². The number of hydrogen-bond acceptors (Lipinski definition) is 3. The van der Waals surface area contributed by atoms with E-state index in [1.807, 2.05) is 24.3 Å². The molecule has 5 heteroatoms. The van der Waals surface area contributed by atoms with Gasteiger partial charge in [-0.05, 0) is 12.1 Å². The van der Waals surface area contributed by atoms with E-state index in [2.05, 4.69) is 6.58 Å². The number of nitrogens with zero attached hydrogens (tertiary/aromatic N) is 1. The normalized spacial score (nSPS) is 10.2. The Hall–Kier alpha value is -0.970. The molecule has 1 aromatic carbocycles. The van der Waals surface area contributed by atoms with E-state index in [0.717, 1.165) is 4.90 Å². The third-order valence-corrected chi connectivity index (χ3v) is 4.00. The number of rotatable bonds is 8. The zero-order valence-electron chi connectivity index (χ0n) is 10.7. The van der Waals surface area contributed by atoms with Crippen LogP contribution in [0.4, 0.5) is 0 Å². The first-order valence-electron chi connectivity index (χ1n) is 6.06. The van der Waals surface area contributed by atoms with Gasteiger partial charge in [0.15, 0.2) is 0 Å². The molecule has 3 nitrogen and oxygen atoms in total. The van der Waals surface area contributed by atoms with Gasteiger partial charge >= 0.3 is 0 Å². The largest absolute Gasteiger partial charge is 0.395 e. The van der Waals surface area contributed by atoms with Crippen LogP contribution in [0.5, 0.6) is 0 Å². The minimum atomic E-state index is -0.0305. The van der Waals surface area contributed by atoms with Crippen LogP contribution in [0.25, 0.3) is 0 Å². The number of benzene rings is 1. The van der Waals surface area contributed by atoms with E-state index in [0.29, 0.717) is 30.3 Å². The summed E-state index contributed by atoms with van der Waals surface area (Å²) in [6.07, 6.45) is 2.08. The first-order chi connectivity index (χ1) is 9.19. The van der Waals surface area contributed by atoms with Crippen molar-refractivity contribution in [2.45, 2.75) is 11.3 Å². The van der Waals surface area contributed by atoms with Gasteiger partial charge in [-0.3, -0.25) is 4.79 Å². The molecule has 0 fully saturated rings. The summed E-state index contributed by atoms with van der Waals surface area (Å²) in [6, 6.07) is 7.57. The Balaban J connectivity index is 2.41. The Labute approximate surface area is 123 Å². The molecular formula is C14H18ClNO2S. The van der Waals surface area contributed by atoms with Crippen LogP contribution in [0.2, 0.25) is 5.02 Å². The molecule has 1 amide bonds. The number of carbonyl (C=O) groups is 1. The molecule has 0 radical (unpaired) electrons. The van der Waals surface area contributed by atoms with Crippen LogP contribution in [0.15, 0.2) is 41.8 Å². The number of aliphatic hydroxyl groups is 1. The van der Waals surface area contributed by atoms with Crippen molar-refractivity contribution in [3.8, 4) is 0 Å². The van der Waals surface area contributed by atoms with E-state index < -0.39 is 0 Å². The highest BCUT2D eigenvalue weighted by atomic mass is 35.5. The molecule has 0 unspecified atom stereocenters. The molecule has 0 heterocycles. The van der Waals surface area contributed by atoms with Crippen LogP contribution in [0, 0.1) is 0 Å². The maximum absolute atomic E-state index is 11.9. The maximum atomic E-state index is 11.9. The van der Waals surface area contributed by atoms with Crippen molar-refractivity contribution < 1.29 is 9.90 Å². The summed E-state index contributed by atoms with van der Waals surface area (Å²) >= 11 is 7.60. The third kappa shape index (κ3) is 5.68. The average molecular weight is 300 g/mol. The molecule has 0 saturated carbocycles. The Morgan fingerprint density at radius 3 is 2.84 bits per heavy atom. The summed E-state index contributed by atoms with van der Waals surface area (Å²) in [4.78, 5) is 14.5. The monoisotopic (exact) mass is 299 g/mol. The predicted molar refractivity (Wildman–Crippen MR) is 80.7 cm³/mol. The van der Waals surface area contributed by atoms with Gasteiger partial charge in [0, 0.05) is 30.2 Å². The second-order valence-electron chi connectivity index (χ2n) is 3.88. The summed E-state index contributed by atoms with van der Waals surface area (Å²) in [5.74, 6) is 0.690. The molecule has 0 aliphatic carbocycles. The fourth-order valence-corrected chi connectivity index (χ4v) is 2.74. The molecule has 19 heavy (non-hydrogen) atoms. The van der Waals surface area contributed by atoms with Crippen molar-refractivity contribution in [3.05, 3.63) is 41.9 Å². The molecule has 1 aromatic rings. The minimum absolute atomic E-state index is 0.0218. The summed E-state index contributed by atoms with van der Waals surface area (Å²) in [6.45, 7) is 4.39. The summed E-state index contributed by atoms with van der Waals surface area (Å²) in [7, 11) is 0. The number of amides is 1. The molecule has 0 atom stereocenters. The first-order valence-corrected chi connectivity index (χ1v) is 7.42. The topological polar surface area (TPSA) is 40.5 Å². The minimum Gasteiger partial charge on any atom is -0.395 e. The van der Waals surface area contributed by atoms with Gasteiger partial charge in [0.05, 0.1) is 11.6 Å². The molecule has 0 aliphatic rings. The van der Waals surface area contributed by atoms with Crippen LogP contribution in [0.3, 0.4) is 0 Å². The highest BCUT2D eigenvalue weighted by Crippen LogP contribution is 2.26. The van der Waals surface area contributed by atoms with Gasteiger partial charge in [-0.2, -0.15) is 0 Å². The van der Waals surface area contributed by atoms with Gasteiger partial charge < -0.3 is 10.0 Å². The number of thioether (sulfide) groups is 1. The van der Waals surface area contributed by atoms with Crippen molar-refractivity contribution >= 4 is 29.3 Å². The van der Waals surface area contributed by atoms with Gasteiger partial charge in [-0.25, -0.2) is 0 Å². The SMILES string of the molecule is C=CCN(CCO)C(=O)CCSc1ccccc1Cl. The smallest absolute Gasteiger partial charge is 0.223 e. The Morgan fingerprint density at radius 2 is 2.21 bits per heavy atom. The Bertz CT molecular complexity index is 426. The predicted octanol–water partition coefficient (Wildman–Crippen LogP) is 2.83. The van der Waals surface area contributed by atoms with Crippen LogP contribution in [0.1, 0.15) is 6.42 Å². The van der Waals surface area contributed by atoms with Crippen LogP contribution in [-0.4, -0.2) is 41.4 Å². The van der Waals surface area contributed by atoms with Gasteiger partial charge in [0.25, 0.3) is 0 Å². The number of hydrogen-bond donors (Lipinski definition) is 1. The lowest BCUT2D eigenvalue weighted by molar-refractivity contribution is -0.130. The molecule has 1 N–H and O–H groups in total. The van der Waals surface area contributed by atoms with Crippen molar-refractivity contribution in [2.75, 3.05) is 25.4 Å². The van der Waals surface area contributed by atoms with E-state index >= 15 is 0 Å². The number of halogens is 1. The van der Waals surface area contributed by atoms with Crippen molar-refractivity contribution in [3.63, 3.8) is 0 Å². The summed E-state index contributed by atoms with van der Waals surface area (Å²) in [5.41, 5.74) is 0. The van der Waals surface area contributed by atoms with E-state index in [-0.39, 0.29) is 12.5 Å². The molecule has 0 bridgehead atoms. The zero-order chi connectivity index (χ0) is 14.1. The quantitative estimate of drug-likeness (QED) is 0.593. The van der Waals surface area contributed by atoms with Gasteiger partial charge in [0.1, 0.15) is 0 Å². The molecule has 0 spiro atoms. The molecular weight excluding hydrogens is 282 g/mol. The van der Waals surface area contributed by atoms with Crippen LogP contribution < -0.4 is 0 Å². The zero-order valence-corrected chi connectivity index (χ0v) is 12.3. The Morgan fingerprint density at radius 1 is 1.47 bits per heavy atom. The van der Waals surface area contributed by atoms with Crippen molar-refractivity contribution in [2.24, 2.45) is 0 Å². The second kappa shape index (κ2) is 9.02. The van der Waals surface area contributed by atoms with E-state index in [9.17, 15) is 4.79 Å². The van der Waals surface area contributed by atoms with E-state index in [1.54, 1.807) is 22.7 Å². The maximum Gasteiger partial charge on any atom is 0.223 e.